The van der Waals surface area contributed by atoms with Crippen molar-refractivity contribution in [2.24, 2.45) is 0 Å². The van der Waals surface area contributed by atoms with Crippen molar-refractivity contribution in [2.75, 3.05) is 0 Å². The first-order valence-corrected chi connectivity index (χ1v) is 5.67. The minimum atomic E-state index is -1.58. The lowest BCUT2D eigenvalue weighted by atomic mass is 9.86. The Morgan fingerprint density at radius 2 is 1.05 bits per heavy atom. The molecule has 8 heteroatoms. The lowest BCUT2D eigenvalue weighted by Crippen LogP contribution is -2.21. The summed E-state index contributed by atoms with van der Waals surface area (Å²) in [5.74, 6) is -6.04. The Hall–Kier alpha value is -2.90. The summed E-state index contributed by atoms with van der Waals surface area (Å²) in [6, 6.07) is 0. The van der Waals surface area contributed by atoms with Crippen molar-refractivity contribution < 1.29 is 39.6 Å². The first kappa shape index (κ1) is 16.2. The van der Waals surface area contributed by atoms with E-state index >= 15 is 0 Å². The molecule has 0 saturated heterocycles. The molecule has 0 amide bonds. The molecule has 112 valence electrons. The Balaban J connectivity index is 4.00. The molecule has 1 rings (SSSR count). The molecule has 0 radical (unpaired) electrons. The molecule has 1 aromatic rings. The quantitative estimate of drug-likeness (QED) is 0.629. The molecule has 21 heavy (non-hydrogen) atoms. The van der Waals surface area contributed by atoms with Gasteiger partial charge in [-0.05, 0) is 30.5 Å². The third-order valence-corrected chi connectivity index (χ3v) is 3.07. The highest BCUT2D eigenvalue weighted by atomic mass is 16.4. The van der Waals surface area contributed by atoms with Gasteiger partial charge in [0.2, 0.25) is 0 Å². The van der Waals surface area contributed by atoms with Crippen molar-refractivity contribution in [3.8, 4) is 0 Å². The predicted octanol–water partition coefficient (Wildman–Crippen LogP) is 1.03. The van der Waals surface area contributed by atoms with Crippen LogP contribution >= 0.6 is 0 Å². The fraction of sp³-hybridized carbons (Fsp3) is 0.231. The second-order valence-electron chi connectivity index (χ2n) is 4.34. The van der Waals surface area contributed by atoms with Crippen LogP contribution in [-0.2, 0) is 11.2 Å². The van der Waals surface area contributed by atoms with E-state index in [1.807, 2.05) is 0 Å². The monoisotopic (exact) mass is 296 g/mol. The minimum Gasteiger partial charge on any atom is -0.481 e. The molecular weight excluding hydrogens is 284 g/mol. The Morgan fingerprint density at radius 3 is 1.29 bits per heavy atom. The smallest absolute Gasteiger partial charge is 0.336 e. The topological polar surface area (TPSA) is 149 Å². The fourth-order valence-corrected chi connectivity index (χ4v) is 2.34. The normalized spacial score (nSPS) is 10.2. The second-order valence-corrected chi connectivity index (χ2v) is 4.34. The Kier molecular flexibility index (Phi) is 4.32. The largest absolute Gasteiger partial charge is 0.481 e. The number of aromatic carboxylic acids is 3. The van der Waals surface area contributed by atoms with Crippen molar-refractivity contribution in [1.82, 2.24) is 0 Å². The second kappa shape index (κ2) is 5.61. The van der Waals surface area contributed by atoms with Gasteiger partial charge in [-0.25, -0.2) is 14.4 Å². The van der Waals surface area contributed by atoms with Crippen LogP contribution < -0.4 is 0 Å². The fourth-order valence-electron chi connectivity index (χ4n) is 2.34. The molecule has 0 fully saturated rings. The van der Waals surface area contributed by atoms with E-state index in [9.17, 15) is 29.4 Å². The summed E-state index contributed by atoms with van der Waals surface area (Å²) in [5, 5.41) is 36.3. The summed E-state index contributed by atoms with van der Waals surface area (Å²) >= 11 is 0. The maximum Gasteiger partial charge on any atom is 0.336 e. The number of hydrogen-bond donors (Lipinski definition) is 4. The van der Waals surface area contributed by atoms with Gasteiger partial charge in [0.1, 0.15) is 0 Å². The van der Waals surface area contributed by atoms with Gasteiger partial charge in [-0.3, -0.25) is 4.79 Å². The molecule has 0 heterocycles. The van der Waals surface area contributed by atoms with Crippen LogP contribution in [0.25, 0.3) is 0 Å². The number of carboxylic acid groups (broad SMARTS) is 4. The van der Waals surface area contributed by atoms with Gasteiger partial charge in [0, 0.05) is 0 Å². The number of hydrogen-bond acceptors (Lipinski definition) is 4. The zero-order valence-corrected chi connectivity index (χ0v) is 11.1. The lowest BCUT2D eigenvalue weighted by Gasteiger charge is -2.17. The number of rotatable bonds is 5. The van der Waals surface area contributed by atoms with Crippen LogP contribution in [0.1, 0.15) is 47.8 Å². The summed E-state index contributed by atoms with van der Waals surface area (Å²) in [6.45, 7) is 2.41. The van der Waals surface area contributed by atoms with E-state index in [0.29, 0.717) is 0 Å². The first-order chi connectivity index (χ1) is 9.59. The van der Waals surface area contributed by atoms with Crippen molar-refractivity contribution in [3.63, 3.8) is 0 Å². The van der Waals surface area contributed by atoms with Crippen LogP contribution in [0.5, 0.6) is 0 Å². The lowest BCUT2D eigenvalue weighted by molar-refractivity contribution is -0.136. The van der Waals surface area contributed by atoms with Crippen molar-refractivity contribution >= 4 is 23.9 Å². The van der Waals surface area contributed by atoms with Gasteiger partial charge < -0.3 is 20.4 Å². The third-order valence-electron chi connectivity index (χ3n) is 3.07. The predicted molar refractivity (Wildman–Crippen MR) is 68.1 cm³/mol. The Morgan fingerprint density at radius 1 is 0.714 bits per heavy atom. The summed E-state index contributed by atoms with van der Waals surface area (Å²) < 4.78 is 0. The van der Waals surface area contributed by atoms with Crippen LogP contribution in [-0.4, -0.2) is 44.3 Å². The van der Waals surface area contributed by atoms with Crippen LogP contribution in [0.3, 0.4) is 0 Å². The molecule has 0 saturated carbocycles. The highest BCUT2D eigenvalue weighted by molar-refractivity contribution is 6.05. The van der Waals surface area contributed by atoms with Gasteiger partial charge in [-0.1, -0.05) is 0 Å². The van der Waals surface area contributed by atoms with Crippen LogP contribution in [0.2, 0.25) is 0 Å². The SMILES string of the molecule is Cc1c(C(=O)O)c(C)c(C(=O)O)c(CC(=O)O)c1C(=O)O. The molecule has 0 unspecified atom stereocenters. The molecule has 0 aromatic heterocycles. The Labute approximate surface area is 118 Å². The number of carbonyl (C=O) groups is 4. The Bertz CT molecular complexity index is 630. The van der Waals surface area contributed by atoms with E-state index in [-0.39, 0.29) is 11.1 Å². The first-order valence-electron chi connectivity index (χ1n) is 5.67. The molecule has 0 aliphatic heterocycles. The number of benzene rings is 1. The number of aliphatic carboxylic acids is 1. The average molecular weight is 296 g/mol. The van der Waals surface area contributed by atoms with E-state index < -0.39 is 52.6 Å². The van der Waals surface area contributed by atoms with Gasteiger partial charge in [0.25, 0.3) is 0 Å². The number of carboxylic acids is 4. The van der Waals surface area contributed by atoms with E-state index in [4.69, 9.17) is 10.2 Å². The molecule has 1 aromatic carbocycles. The standard InChI is InChI=1S/C13H12O8/c1-4-8(11(16)17)5(2)10(13(20)21)6(3-7(14)15)9(4)12(18)19/h3H2,1-2H3,(H,14,15)(H,16,17)(H,18,19)(H,20,21). The van der Waals surface area contributed by atoms with E-state index in [1.54, 1.807) is 0 Å². The zero-order chi connectivity index (χ0) is 16.5. The maximum atomic E-state index is 11.3. The van der Waals surface area contributed by atoms with Gasteiger partial charge in [0.15, 0.2) is 0 Å². The van der Waals surface area contributed by atoms with Crippen LogP contribution in [0.4, 0.5) is 0 Å². The molecule has 0 atom stereocenters. The highest BCUT2D eigenvalue weighted by Crippen LogP contribution is 2.28. The zero-order valence-electron chi connectivity index (χ0n) is 11.1. The van der Waals surface area contributed by atoms with Gasteiger partial charge in [0.05, 0.1) is 23.1 Å². The van der Waals surface area contributed by atoms with Crippen molar-refractivity contribution in [2.45, 2.75) is 20.3 Å². The van der Waals surface area contributed by atoms with Crippen LogP contribution in [0.15, 0.2) is 0 Å². The highest BCUT2D eigenvalue weighted by Gasteiger charge is 2.30. The van der Waals surface area contributed by atoms with Crippen molar-refractivity contribution in [1.29, 1.82) is 0 Å². The molecule has 4 N–H and O–H groups in total. The van der Waals surface area contributed by atoms with E-state index in [2.05, 4.69) is 0 Å². The van der Waals surface area contributed by atoms with Gasteiger partial charge in [-0.15, -0.1) is 0 Å². The molecule has 0 bridgehead atoms. The van der Waals surface area contributed by atoms with E-state index in [0.717, 1.165) is 0 Å². The summed E-state index contributed by atoms with van der Waals surface area (Å²) in [5.41, 5.74) is -2.40. The molecule has 0 spiro atoms. The molecule has 8 nitrogen and oxygen atoms in total. The van der Waals surface area contributed by atoms with E-state index in [1.165, 1.54) is 13.8 Å². The minimum absolute atomic E-state index is 0.172. The third kappa shape index (κ3) is 2.83. The molecule has 0 aliphatic rings. The van der Waals surface area contributed by atoms with Crippen LogP contribution in [0, 0.1) is 13.8 Å². The van der Waals surface area contributed by atoms with Gasteiger partial charge in [-0.2, -0.15) is 0 Å². The average Bonchev–Trinajstić information content (AvgIpc) is 2.25. The molecule has 0 aliphatic carbocycles. The van der Waals surface area contributed by atoms with Gasteiger partial charge >= 0.3 is 23.9 Å². The summed E-state index contributed by atoms with van der Waals surface area (Å²) in [4.78, 5) is 44.7. The summed E-state index contributed by atoms with van der Waals surface area (Å²) in [6.07, 6.45) is -0.829. The molecular formula is C13H12O8. The summed E-state index contributed by atoms with van der Waals surface area (Å²) in [7, 11) is 0. The maximum absolute atomic E-state index is 11.3. The van der Waals surface area contributed by atoms with Crippen molar-refractivity contribution in [3.05, 3.63) is 33.4 Å².